The number of aromatic nitrogens is 2. The van der Waals surface area contributed by atoms with E-state index >= 15 is 0 Å². The molecule has 1 heterocycles. The normalized spacial score (nSPS) is 10.8. The molecular weight excluding hydrogens is 230 g/mol. The first-order chi connectivity index (χ1) is 8.08. The van der Waals surface area contributed by atoms with E-state index in [1.165, 1.54) is 24.3 Å². The number of hydrogen-bond donors (Lipinski definition) is 2. The molecule has 0 radical (unpaired) electrons. The molecule has 0 saturated heterocycles. The zero-order chi connectivity index (χ0) is 12.4. The molecule has 0 aliphatic rings. The summed E-state index contributed by atoms with van der Waals surface area (Å²) in [4.78, 5) is 13.6. The third-order valence-corrected chi connectivity index (χ3v) is 2.00. The van der Waals surface area contributed by atoms with E-state index in [0.29, 0.717) is 5.56 Å². The highest BCUT2D eigenvalue weighted by molar-refractivity contribution is 5.55. The molecule has 8 nitrogen and oxygen atoms in total. The number of nitrogens with zero attached hydrogens (tertiary/aromatic N) is 3. The number of rotatable bonds is 3. The standard InChI is InChI=1S/C9H7N3O5/c13-9(14)7-10-8(17-11-7)5-1-3-6(4-2-5)12(15)16/h1-4,9,13-14H. The van der Waals surface area contributed by atoms with Gasteiger partial charge >= 0.3 is 0 Å². The van der Waals surface area contributed by atoms with E-state index in [0.717, 1.165) is 0 Å². The summed E-state index contributed by atoms with van der Waals surface area (Å²) in [6.45, 7) is 0. The van der Waals surface area contributed by atoms with Gasteiger partial charge in [0.1, 0.15) is 0 Å². The van der Waals surface area contributed by atoms with Crippen molar-refractivity contribution in [1.82, 2.24) is 10.1 Å². The van der Waals surface area contributed by atoms with Crippen molar-refractivity contribution in [3.63, 3.8) is 0 Å². The van der Waals surface area contributed by atoms with Crippen molar-refractivity contribution in [2.45, 2.75) is 6.29 Å². The van der Waals surface area contributed by atoms with Gasteiger partial charge in [0.2, 0.25) is 12.1 Å². The summed E-state index contributed by atoms with van der Waals surface area (Å²) in [5, 5.41) is 31.3. The van der Waals surface area contributed by atoms with Gasteiger partial charge in [-0.05, 0) is 12.1 Å². The van der Waals surface area contributed by atoms with Crippen LogP contribution < -0.4 is 0 Å². The third-order valence-electron chi connectivity index (χ3n) is 2.00. The lowest BCUT2D eigenvalue weighted by Gasteiger charge is -1.94. The average molecular weight is 237 g/mol. The minimum absolute atomic E-state index is 0.0583. The Labute approximate surface area is 94.3 Å². The van der Waals surface area contributed by atoms with E-state index in [-0.39, 0.29) is 17.4 Å². The largest absolute Gasteiger partial charge is 0.362 e. The van der Waals surface area contributed by atoms with E-state index < -0.39 is 11.2 Å². The van der Waals surface area contributed by atoms with Gasteiger partial charge in [0.25, 0.3) is 11.6 Å². The Morgan fingerprint density at radius 3 is 2.41 bits per heavy atom. The smallest absolute Gasteiger partial charge is 0.269 e. The van der Waals surface area contributed by atoms with Gasteiger partial charge in [-0.2, -0.15) is 4.98 Å². The molecule has 1 aromatic heterocycles. The Morgan fingerprint density at radius 1 is 1.29 bits per heavy atom. The van der Waals surface area contributed by atoms with Crippen molar-refractivity contribution in [2.24, 2.45) is 0 Å². The lowest BCUT2D eigenvalue weighted by Crippen LogP contribution is -1.96. The summed E-state index contributed by atoms with van der Waals surface area (Å²) >= 11 is 0. The molecule has 1 aromatic carbocycles. The molecule has 0 unspecified atom stereocenters. The van der Waals surface area contributed by atoms with Gasteiger partial charge in [0.15, 0.2) is 0 Å². The molecule has 0 spiro atoms. The van der Waals surface area contributed by atoms with Gasteiger partial charge in [0.05, 0.1) is 4.92 Å². The molecule has 0 atom stereocenters. The van der Waals surface area contributed by atoms with E-state index in [9.17, 15) is 10.1 Å². The fourth-order valence-electron chi connectivity index (χ4n) is 1.18. The summed E-state index contributed by atoms with van der Waals surface area (Å²) in [6.07, 6.45) is -1.81. The number of benzene rings is 1. The molecule has 17 heavy (non-hydrogen) atoms. The van der Waals surface area contributed by atoms with E-state index in [2.05, 4.69) is 10.1 Å². The molecule has 2 rings (SSSR count). The van der Waals surface area contributed by atoms with Crippen LogP contribution >= 0.6 is 0 Å². The van der Waals surface area contributed by atoms with E-state index in [4.69, 9.17) is 14.7 Å². The molecule has 0 saturated carbocycles. The topological polar surface area (TPSA) is 123 Å². The van der Waals surface area contributed by atoms with Gasteiger partial charge in [-0.15, -0.1) is 0 Å². The third kappa shape index (κ3) is 2.27. The molecule has 8 heteroatoms. The predicted molar refractivity (Wildman–Crippen MR) is 53.6 cm³/mol. The maximum atomic E-state index is 10.4. The van der Waals surface area contributed by atoms with Gasteiger partial charge < -0.3 is 14.7 Å². The quantitative estimate of drug-likeness (QED) is 0.455. The lowest BCUT2D eigenvalue weighted by atomic mass is 10.2. The highest BCUT2D eigenvalue weighted by Gasteiger charge is 2.14. The number of hydrogen-bond acceptors (Lipinski definition) is 7. The number of nitro groups is 1. The average Bonchev–Trinajstić information content (AvgIpc) is 2.78. The van der Waals surface area contributed by atoms with Crippen molar-refractivity contribution >= 4 is 5.69 Å². The van der Waals surface area contributed by atoms with Gasteiger partial charge in [-0.3, -0.25) is 10.1 Å². The molecule has 0 fully saturated rings. The van der Waals surface area contributed by atoms with Crippen LogP contribution in [0, 0.1) is 10.1 Å². The second kappa shape index (κ2) is 4.28. The maximum Gasteiger partial charge on any atom is 0.269 e. The van der Waals surface area contributed by atoms with Crippen molar-refractivity contribution in [3.8, 4) is 11.5 Å². The summed E-state index contributed by atoms with van der Waals surface area (Å²) in [6, 6.07) is 5.43. The van der Waals surface area contributed by atoms with Crippen molar-refractivity contribution in [1.29, 1.82) is 0 Å². The molecule has 0 amide bonds. The second-order valence-electron chi connectivity index (χ2n) is 3.14. The Bertz CT molecular complexity index is 534. The van der Waals surface area contributed by atoms with Crippen LogP contribution in [0.2, 0.25) is 0 Å². The fraction of sp³-hybridized carbons (Fsp3) is 0.111. The molecule has 0 aliphatic heterocycles. The number of aliphatic hydroxyl groups excluding tert-OH is 1. The predicted octanol–water partition coefficient (Wildman–Crippen LogP) is 0.628. The minimum atomic E-state index is -1.81. The van der Waals surface area contributed by atoms with Gasteiger partial charge in [-0.25, -0.2) is 0 Å². The highest BCUT2D eigenvalue weighted by atomic mass is 16.6. The first-order valence-corrected chi connectivity index (χ1v) is 4.52. The summed E-state index contributed by atoms with van der Waals surface area (Å²) < 4.78 is 4.76. The first-order valence-electron chi connectivity index (χ1n) is 4.52. The van der Waals surface area contributed by atoms with Crippen LogP contribution in [0.4, 0.5) is 5.69 Å². The monoisotopic (exact) mass is 237 g/mol. The van der Waals surface area contributed by atoms with Crippen LogP contribution in [0.5, 0.6) is 0 Å². The summed E-state index contributed by atoms with van der Waals surface area (Å²) in [5.74, 6) is -0.207. The van der Waals surface area contributed by atoms with E-state index in [1.807, 2.05) is 0 Å². The molecule has 2 N–H and O–H groups in total. The highest BCUT2D eigenvalue weighted by Crippen LogP contribution is 2.21. The molecule has 88 valence electrons. The molecule has 0 bridgehead atoms. The van der Waals surface area contributed by atoms with Crippen LogP contribution in [0.15, 0.2) is 28.8 Å². The van der Waals surface area contributed by atoms with Crippen LogP contribution in [0.1, 0.15) is 12.1 Å². The number of aliphatic hydroxyl groups is 2. The van der Waals surface area contributed by atoms with Gasteiger partial charge in [0, 0.05) is 17.7 Å². The van der Waals surface area contributed by atoms with Gasteiger partial charge in [-0.1, -0.05) is 5.16 Å². The molecular formula is C9H7N3O5. The molecule has 2 aromatic rings. The van der Waals surface area contributed by atoms with Crippen LogP contribution in [0.3, 0.4) is 0 Å². The van der Waals surface area contributed by atoms with Crippen molar-refractivity contribution < 1.29 is 19.7 Å². The Hall–Kier alpha value is -2.32. The maximum absolute atomic E-state index is 10.4. The number of nitro benzene ring substituents is 1. The van der Waals surface area contributed by atoms with Crippen molar-refractivity contribution in [3.05, 3.63) is 40.2 Å². The van der Waals surface area contributed by atoms with Crippen LogP contribution in [-0.2, 0) is 0 Å². The SMILES string of the molecule is O=[N+]([O-])c1ccc(-c2nc(C(O)O)no2)cc1. The first kappa shape index (κ1) is 11.2. The Balaban J connectivity index is 2.30. The van der Waals surface area contributed by atoms with Crippen LogP contribution in [0.25, 0.3) is 11.5 Å². The zero-order valence-electron chi connectivity index (χ0n) is 8.35. The van der Waals surface area contributed by atoms with Crippen molar-refractivity contribution in [2.75, 3.05) is 0 Å². The minimum Gasteiger partial charge on any atom is -0.362 e. The Kier molecular flexibility index (Phi) is 2.81. The number of non-ortho nitro benzene ring substituents is 1. The second-order valence-corrected chi connectivity index (χ2v) is 3.14. The molecule has 0 aliphatic carbocycles. The van der Waals surface area contributed by atoms with Crippen LogP contribution in [-0.4, -0.2) is 25.3 Å². The fourth-order valence-corrected chi connectivity index (χ4v) is 1.18. The van der Waals surface area contributed by atoms with E-state index in [1.54, 1.807) is 0 Å². The zero-order valence-corrected chi connectivity index (χ0v) is 8.35. The Morgan fingerprint density at radius 2 is 1.94 bits per heavy atom. The summed E-state index contributed by atoms with van der Waals surface area (Å²) in [7, 11) is 0. The summed E-state index contributed by atoms with van der Waals surface area (Å²) in [5.41, 5.74) is 0.394. The lowest BCUT2D eigenvalue weighted by molar-refractivity contribution is -0.384.